The van der Waals surface area contributed by atoms with Crippen LogP contribution in [0.25, 0.3) is 0 Å². The monoisotopic (exact) mass is 350 g/mol. The van der Waals surface area contributed by atoms with Crippen molar-refractivity contribution < 1.29 is 20.1 Å². The Bertz CT molecular complexity index is 580. The lowest BCUT2D eigenvalue weighted by Gasteiger charge is -2.63. The van der Waals surface area contributed by atoms with Gasteiger partial charge in [0.25, 0.3) is 0 Å². The van der Waals surface area contributed by atoms with Gasteiger partial charge in [0, 0.05) is 11.8 Å². The molecule has 0 bridgehead atoms. The molecule has 1 spiro atoms. The van der Waals surface area contributed by atoms with Crippen molar-refractivity contribution in [3.8, 4) is 0 Å². The molecule has 1 heterocycles. The van der Waals surface area contributed by atoms with E-state index in [9.17, 15) is 15.3 Å². The highest BCUT2D eigenvalue weighted by Gasteiger charge is 2.75. The average Bonchev–Trinajstić information content (AvgIpc) is 3.22. The number of hydrogen-bond acceptors (Lipinski definition) is 4. The van der Waals surface area contributed by atoms with Gasteiger partial charge in [-0.3, -0.25) is 0 Å². The van der Waals surface area contributed by atoms with Crippen LogP contribution in [0.5, 0.6) is 0 Å². The summed E-state index contributed by atoms with van der Waals surface area (Å²) in [6.45, 7) is 4.89. The average molecular weight is 350 g/mol. The predicted octanol–water partition coefficient (Wildman–Crippen LogP) is 2.63. The van der Waals surface area contributed by atoms with Gasteiger partial charge in [0.15, 0.2) is 0 Å². The van der Waals surface area contributed by atoms with E-state index in [0.29, 0.717) is 24.2 Å². The van der Waals surface area contributed by atoms with Crippen LogP contribution in [0, 0.1) is 28.6 Å². The van der Waals surface area contributed by atoms with E-state index in [2.05, 4.69) is 13.8 Å². The lowest BCUT2D eigenvalue weighted by Crippen LogP contribution is -2.63. The van der Waals surface area contributed by atoms with Crippen LogP contribution in [0.4, 0.5) is 0 Å². The SMILES string of the molecule is C[C@]12CC[C@@H]3[C@H](CC[C@@]4(O)C[C@H](O)CC[C@]34C)[C@@H]1CC[C@]21O[C@H]1CO. The Hall–Kier alpha value is -0.160. The molecule has 5 rings (SSSR count). The standard InChI is InChI=1S/C21H34O4/c1-18-7-3-13(23)11-20(18,24)9-4-14-15(18)5-8-19(2)16(14)6-10-21(19)17(12-22)25-21/h13-17,22-24H,3-12H2,1-2H3/t13-,14+,15-,16+,17+,18-,19+,20-,21-/m1/s1. The van der Waals surface area contributed by atoms with Gasteiger partial charge in [-0.05, 0) is 74.5 Å². The van der Waals surface area contributed by atoms with E-state index >= 15 is 0 Å². The summed E-state index contributed by atoms with van der Waals surface area (Å²) in [5, 5.41) is 31.2. The second-order valence-corrected chi connectivity index (χ2v) is 10.4. The molecule has 4 nitrogen and oxygen atoms in total. The molecule has 4 saturated carbocycles. The van der Waals surface area contributed by atoms with Crippen molar-refractivity contribution in [3.05, 3.63) is 0 Å². The van der Waals surface area contributed by atoms with Crippen molar-refractivity contribution in [2.24, 2.45) is 28.6 Å². The first-order valence-corrected chi connectivity index (χ1v) is 10.5. The third kappa shape index (κ3) is 1.88. The van der Waals surface area contributed by atoms with Crippen LogP contribution >= 0.6 is 0 Å². The van der Waals surface area contributed by atoms with E-state index < -0.39 is 5.60 Å². The molecule has 0 aromatic carbocycles. The van der Waals surface area contributed by atoms with Crippen molar-refractivity contribution in [3.63, 3.8) is 0 Å². The third-order valence-corrected chi connectivity index (χ3v) is 9.94. The minimum Gasteiger partial charge on any atom is -0.394 e. The zero-order chi connectivity index (χ0) is 17.7. The van der Waals surface area contributed by atoms with Gasteiger partial charge in [-0.25, -0.2) is 0 Å². The molecule has 5 aliphatic rings. The molecule has 5 fully saturated rings. The fraction of sp³-hybridized carbons (Fsp3) is 1.00. The lowest BCUT2D eigenvalue weighted by atomic mass is 9.43. The molecule has 3 N–H and O–H groups in total. The van der Waals surface area contributed by atoms with Crippen LogP contribution < -0.4 is 0 Å². The Kier molecular flexibility index (Phi) is 3.40. The topological polar surface area (TPSA) is 73.2 Å². The lowest BCUT2D eigenvalue weighted by molar-refractivity contribution is -0.220. The van der Waals surface area contributed by atoms with Gasteiger partial charge in [-0.2, -0.15) is 0 Å². The number of hydrogen-bond donors (Lipinski definition) is 3. The number of rotatable bonds is 1. The van der Waals surface area contributed by atoms with Gasteiger partial charge in [0.1, 0.15) is 11.7 Å². The van der Waals surface area contributed by atoms with Gasteiger partial charge in [0.2, 0.25) is 0 Å². The second kappa shape index (κ2) is 5.01. The minimum absolute atomic E-state index is 0.0486. The summed E-state index contributed by atoms with van der Waals surface area (Å²) in [4.78, 5) is 0. The summed E-state index contributed by atoms with van der Waals surface area (Å²) in [6.07, 6.45) is 8.64. The molecular weight excluding hydrogens is 316 g/mol. The van der Waals surface area contributed by atoms with E-state index in [0.717, 1.165) is 44.9 Å². The molecule has 1 saturated heterocycles. The van der Waals surface area contributed by atoms with E-state index in [-0.39, 0.29) is 35.2 Å². The van der Waals surface area contributed by atoms with E-state index in [1.165, 1.54) is 6.42 Å². The molecule has 0 aromatic heterocycles. The molecule has 9 atom stereocenters. The van der Waals surface area contributed by atoms with Crippen LogP contribution in [0.15, 0.2) is 0 Å². The highest BCUT2D eigenvalue weighted by atomic mass is 16.6. The van der Waals surface area contributed by atoms with Crippen molar-refractivity contribution in [2.75, 3.05) is 6.61 Å². The Morgan fingerprint density at radius 3 is 2.32 bits per heavy atom. The zero-order valence-corrected chi connectivity index (χ0v) is 15.7. The number of epoxide rings is 1. The first kappa shape index (κ1) is 17.0. The van der Waals surface area contributed by atoms with E-state index in [1.54, 1.807) is 0 Å². The smallest absolute Gasteiger partial charge is 0.111 e. The molecule has 1 aliphatic heterocycles. The van der Waals surface area contributed by atoms with Gasteiger partial charge < -0.3 is 20.1 Å². The van der Waals surface area contributed by atoms with Gasteiger partial charge in [-0.1, -0.05) is 13.8 Å². The summed E-state index contributed by atoms with van der Waals surface area (Å²) in [5.41, 5.74) is -0.594. The Balaban J connectivity index is 1.46. The molecule has 0 unspecified atom stereocenters. The normalized spacial score (nSPS) is 63.0. The second-order valence-electron chi connectivity index (χ2n) is 10.4. The number of ether oxygens (including phenoxy) is 1. The fourth-order valence-electron chi connectivity index (χ4n) is 8.39. The zero-order valence-electron chi connectivity index (χ0n) is 15.7. The molecule has 4 aliphatic carbocycles. The maximum absolute atomic E-state index is 11.4. The number of fused-ring (bicyclic) bond motifs is 6. The summed E-state index contributed by atoms with van der Waals surface area (Å²) in [7, 11) is 0. The minimum atomic E-state index is -0.681. The van der Waals surface area contributed by atoms with Crippen LogP contribution in [-0.4, -0.2) is 45.3 Å². The molecule has 142 valence electrons. The quantitative estimate of drug-likeness (QED) is 0.636. The summed E-state index contributed by atoms with van der Waals surface area (Å²) < 4.78 is 6.10. The first-order valence-electron chi connectivity index (χ1n) is 10.5. The van der Waals surface area contributed by atoms with Gasteiger partial charge in [0.05, 0.1) is 18.3 Å². The van der Waals surface area contributed by atoms with Crippen LogP contribution in [0.1, 0.15) is 71.6 Å². The largest absolute Gasteiger partial charge is 0.394 e. The third-order valence-electron chi connectivity index (χ3n) is 9.94. The summed E-state index contributed by atoms with van der Waals surface area (Å²) >= 11 is 0. The predicted molar refractivity (Wildman–Crippen MR) is 93.9 cm³/mol. The highest BCUT2D eigenvalue weighted by molar-refractivity contribution is 5.23. The van der Waals surface area contributed by atoms with Crippen molar-refractivity contribution in [1.82, 2.24) is 0 Å². The highest BCUT2D eigenvalue weighted by Crippen LogP contribution is 2.73. The molecule has 0 aromatic rings. The summed E-state index contributed by atoms with van der Waals surface area (Å²) in [5.74, 6) is 1.90. The fourth-order valence-corrected chi connectivity index (χ4v) is 8.39. The van der Waals surface area contributed by atoms with Crippen LogP contribution in [0.3, 0.4) is 0 Å². The Morgan fingerprint density at radius 1 is 0.920 bits per heavy atom. The van der Waals surface area contributed by atoms with E-state index in [1.807, 2.05) is 0 Å². The summed E-state index contributed by atoms with van der Waals surface area (Å²) in [6, 6.07) is 0. The molecule has 4 heteroatoms. The van der Waals surface area contributed by atoms with Crippen molar-refractivity contribution in [1.29, 1.82) is 0 Å². The maximum atomic E-state index is 11.4. The van der Waals surface area contributed by atoms with Crippen molar-refractivity contribution in [2.45, 2.75) is 95.0 Å². The molecule has 0 amide bonds. The first-order chi connectivity index (χ1) is 11.8. The van der Waals surface area contributed by atoms with Crippen molar-refractivity contribution >= 4 is 0 Å². The molecule has 0 radical (unpaired) electrons. The van der Waals surface area contributed by atoms with Crippen LogP contribution in [0.2, 0.25) is 0 Å². The van der Waals surface area contributed by atoms with Gasteiger partial charge in [-0.15, -0.1) is 0 Å². The number of aliphatic hydroxyl groups excluding tert-OH is 2. The molecule has 25 heavy (non-hydrogen) atoms. The Morgan fingerprint density at radius 2 is 1.60 bits per heavy atom. The van der Waals surface area contributed by atoms with Crippen LogP contribution in [-0.2, 0) is 4.74 Å². The maximum Gasteiger partial charge on any atom is 0.111 e. The Labute approximate surface area is 151 Å². The molecular formula is C21H34O4. The number of aliphatic hydroxyl groups is 3. The van der Waals surface area contributed by atoms with E-state index in [4.69, 9.17) is 4.74 Å². The van der Waals surface area contributed by atoms with Gasteiger partial charge >= 0.3 is 0 Å².